The van der Waals surface area contributed by atoms with Gasteiger partial charge in [-0.05, 0) is 18.9 Å². The molecule has 3 rings (SSSR count). The molecule has 144 valence electrons. The van der Waals surface area contributed by atoms with E-state index in [1.165, 1.54) is 14.0 Å². The number of hydrogen-bond donors (Lipinski definition) is 2. The predicted molar refractivity (Wildman–Crippen MR) is 98.6 cm³/mol. The summed E-state index contributed by atoms with van der Waals surface area (Å²) in [6.07, 6.45) is -0.167. The van der Waals surface area contributed by atoms with Crippen LogP contribution in [0.2, 0.25) is 0 Å². The van der Waals surface area contributed by atoms with Gasteiger partial charge < -0.3 is 15.0 Å². The SMILES string of the molecule is CNC(=O)NC(=O)[C@H](C)OC(=O)[C@H]1CS[C@@]2(c3ccccc3)CCC(=O)N12. The number of nitrogens with one attached hydrogen (secondary N) is 2. The van der Waals surface area contributed by atoms with E-state index in [2.05, 4.69) is 10.6 Å². The van der Waals surface area contributed by atoms with Crippen molar-refractivity contribution in [2.24, 2.45) is 0 Å². The molecule has 4 amide bonds. The molecule has 0 spiro atoms. The highest BCUT2D eigenvalue weighted by Crippen LogP contribution is 2.54. The number of hydrogen-bond acceptors (Lipinski definition) is 6. The van der Waals surface area contributed by atoms with Gasteiger partial charge >= 0.3 is 12.0 Å². The lowest BCUT2D eigenvalue weighted by Gasteiger charge is -2.33. The van der Waals surface area contributed by atoms with E-state index in [1.807, 2.05) is 30.3 Å². The zero-order chi connectivity index (χ0) is 19.6. The first-order chi connectivity index (χ1) is 12.9. The fourth-order valence-corrected chi connectivity index (χ4v) is 5.03. The molecule has 0 bridgehead atoms. The van der Waals surface area contributed by atoms with E-state index in [-0.39, 0.29) is 5.91 Å². The summed E-state index contributed by atoms with van der Waals surface area (Å²) in [5.74, 6) is -1.08. The molecule has 1 aromatic carbocycles. The molecule has 0 saturated carbocycles. The molecule has 0 aliphatic carbocycles. The van der Waals surface area contributed by atoms with Crippen LogP contribution < -0.4 is 10.6 Å². The number of ether oxygens (including phenoxy) is 1. The predicted octanol–water partition coefficient (Wildman–Crippen LogP) is 0.964. The Labute approximate surface area is 161 Å². The van der Waals surface area contributed by atoms with Gasteiger partial charge in [0.15, 0.2) is 6.10 Å². The number of esters is 1. The van der Waals surface area contributed by atoms with Crippen molar-refractivity contribution in [3.05, 3.63) is 35.9 Å². The van der Waals surface area contributed by atoms with Gasteiger partial charge in [0, 0.05) is 19.2 Å². The normalized spacial score (nSPS) is 24.9. The molecule has 0 radical (unpaired) electrons. The minimum atomic E-state index is -1.15. The first-order valence-corrected chi connectivity index (χ1v) is 9.62. The van der Waals surface area contributed by atoms with Crippen LogP contribution in [-0.4, -0.2) is 53.7 Å². The van der Waals surface area contributed by atoms with Crippen molar-refractivity contribution in [1.29, 1.82) is 0 Å². The van der Waals surface area contributed by atoms with Gasteiger partial charge in [-0.2, -0.15) is 0 Å². The number of benzene rings is 1. The summed E-state index contributed by atoms with van der Waals surface area (Å²) in [6.45, 7) is 1.38. The van der Waals surface area contributed by atoms with Crippen molar-refractivity contribution in [3.8, 4) is 0 Å². The highest BCUT2D eigenvalue weighted by Gasteiger charge is 2.57. The van der Waals surface area contributed by atoms with Gasteiger partial charge in [-0.15, -0.1) is 11.8 Å². The third kappa shape index (κ3) is 3.51. The number of amides is 4. The van der Waals surface area contributed by atoms with Gasteiger partial charge in [-0.3, -0.25) is 14.9 Å². The number of rotatable bonds is 4. The maximum Gasteiger partial charge on any atom is 0.330 e. The lowest BCUT2D eigenvalue weighted by Crippen LogP contribution is -2.49. The average molecular weight is 391 g/mol. The van der Waals surface area contributed by atoms with E-state index in [0.717, 1.165) is 5.56 Å². The molecule has 0 unspecified atom stereocenters. The number of imide groups is 1. The van der Waals surface area contributed by atoms with Crippen LogP contribution in [0.3, 0.4) is 0 Å². The second kappa shape index (κ2) is 7.59. The van der Waals surface area contributed by atoms with Gasteiger partial charge in [0.25, 0.3) is 5.91 Å². The Morgan fingerprint density at radius 2 is 2.00 bits per heavy atom. The Hall–Kier alpha value is -2.55. The summed E-state index contributed by atoms with van der Waals surface area (Å²) < 4.78 is 5.24. The van der Waals surface area contributed by atoms with Gasteiger partial charge in [-0.25, -0.2) is 9.59 Å². The minimum absolute atomic E-state index is 0.103. The number of nitrogens with zero attached hydrogens (tertiary/aromatic N) is 1. The number of carbonyl (C=O) groups is 4. The molecule has 2 heterocycles. The standard InChI is InChI=1S/C18H21N3O5S/c1-11(15(23)20-17(25)19-2)26-16(24)13-10-27-18(9-8-14(22)21(13)18)12-6-4-3-5-7-12/h3-7,11,13H,8-10H2,1-2H3,(H2,19,20,23,25)/t11-,13+,18+/m0/s1. The van der Waals surface area contributed by atoms with Crippen molar-refractivity contribution in [2.75, 3.05) is 12.8 Å². The Balaban J connectivity index is 1.74. The summed E-state index contributed by atoms with van der Waals surface area (Å²) >= 11 is 1.54. The van der Waals surface area contributed by atoms with Crippen LogP contribution in [0, 0.1) is 0 Å². The second-order valence-electron chi connectivity index (χ2n) is 6.39. The van der Waals surface area contributed by atoms with E-state index in [9.17, 15) is 19.2 Å². The van der Waals surface area contributed by atoms with E-state index in [0.29, 0.717) is 18.6 Å². The third-order valence-corrected chi connectivity index (χ3v) is 6.35. The van der Waals surface area contributed by atoms with Gasteiger partial charge in [-0.1, -0.05) is 30.3 Å². The van der Waals surface area contributed by atoms with Gasteiger partial charge in [0.1, 0.15) is 10.9 Å². The smallest absolute Gasteiger partial charge is 0.330 e. The van der Waals surface area contributed by atoms with E-state index < -0.39 is 34.9 Å². The van der Waals surface area contributed by atoms with Crippen molar-refractivity contribution in [1.82, 2.24) is 15.5 Å². The van der Waals surface area contributed by atoms with E-state index >= 15 is 0 Å². The Bertz CT molecular complexity index is 772. The van der Waals surface area contributed by atoms with E-state index in [1.54, 1.807) is 16.7 Å². The summed E-state index contributed by atoms with van der Waals surface area (Å²) in [4.78, 5) is 49.3. The lowest BCUT2D eigenvalue weighted by molar-refractivity contribution is -0.161. The number of thioether (sulfide) groups is 1. The maximum absolute atomic E-state index is 12.7. The molecule has 2 fully saturated rings. The maximum atomic E-state index is 12.7. The molecule has 2 aliphatic rings. The van der Waals surface area contributed by atoms with Crippen molar-refractivity contribution in [3.63, 3.8) is 0 Å². The highest BCUT2D eigenvalue weighted by molar-refractivity contribution is 8.00. The number of carbonyl (C=O) groups excluding carboxylic acids is 4. The zero-order valence-corrected chi connectivity index (χ0v) is 15.9. The molecular formula is C18H21N3O5S. The van der Waals surface area contributed by atoms with Crippen molar-refractivity contribution < 1.29 is 23.9 Å². The van der Waals surface area contributed by atoms with E-state index in [4.69, 9.17) is 4.74 Å². The summed E-state index contributed by atoms with van der Waals surface area (Å²) in [5, 5.41) is 4.31. The second-order valence-corrected chi connectivity index (χ2v) is 7.69. The van der Waals surface area contributed by atoms with Gasteiger partial charge in [0.05, 0.1) is 0 Å². The molecule has 27 heavy (non-hydrogen) atoms. The van der Waals surface area contributed by atoms with Crippen LogP contribution in [0.5, 0.6) is 0 Å². The van der Waals surface area contributed by atoms with Crippen molar-refractivity contribution in [2.45, 2.75) is 36.8 Å². The van der Waals surface area contributed by atoms with Crippen LogP contribution in [0.15, 0.2) is 30.3 Å². The Morgan fingerprint density at radius 3 is 2.67 bits per heavy atom. The third-order valence-electron chi connectivity index (χ3n) is 4.75. The van der Waals surface area contributed by atoms with Crippen LogP contribution in [0.1, 0.15) is 25.3 Å². The summed E-state index contributed by atoms with van der Waals surface area (Å²) in [7, 11) is 1.37. The first kappa shape index (κ1) is 19.2. The molecular weight excluding hydrogens is 370 g/mol. The Morgan fingerprint density at radius 1 is 1.30 bits per heavy atom. The molecule has 2 aliphatic heterocycles. The lowest BCUT2D eigenvalue weighted by atomic mass is 10.0. The molecule has 2 saturated heterocycles. The van der Waals surface area contributed by atoms with Crippen LogP contribution >= 0.6 is 11.8 Å². The van der Waals surface area contributed by atoms with Crippen molar-refractivity contribution >= 4 is 35.6 Å². The monoisotopic (exact) mass is 391 g/mol. The van der Waals surface area contributed by atoms with Crippen LogP contribution in [-0.2, 0) is 24.0 Å². The molecule has 3 atom stereocenters. The zero-order valence-electron chi connectivity index (χ0n) is 15.1. The summed E-state index contributed by atoms with van der Waals surface area (Å²) in [6, 6.07) is 8.17. The molecule has 8 nitrogen and oxygen atoms in total. The minimum Gasteiger partial charge on any atom is -0.451 e. The van der Waals surface area contributed by atoms with Gasteiger partial charge in [0.2, 0.25) is 5.91 Å². The Kier molecular flexibility index (Phi) is 5.41. The average Bonchev–Trinajstić information content (AvgIpc) is 3.21. The summed E-state index contributed by atoms with van der Waals surface area (Å²) in [5.41, 5.74) is 0.974. The highest BCUT2D eigenvalue weighted by atomic mass is 32.2. The first-order valence-electron chi connectivity index (χ1n) is 8.64. The largest absolute Gasteiger partial charge is 0.451 e. The molecule has 1 aromatic rings. The number of urea groups is 1. The fraction of sp³-hybridized carbons (Fsp3) is 0.444. The van der Waals surface area contributed by atoms with Crippen LogP contribution in [0.4, 0.5) is 4.79 Å². The quantitative estimate of drug-likeness (QED) is 0.741. The topological polar surface area (TPSA) is 105 Å². The molecule has 9 heteroatoms. The molecule has 2 N–H and O–H groups in total. The van der Waals surface area contributed by atoms with Crippen LogP contribution in [0.25, 0.3) is 0 Å². The number of fused-ring (bicyclic) bond motifs is 1. The molecule has 0 aromatic heterocycles. The fourth-order valence-electron chi connectivity index (χ4n) is 3.40.